The Bertz CT molecular complexity index is 2480. The molecule has 298 valence electrons. The van der Waals surface area contributed by atoms with E-state index in [2.05, 4.69) is 23.7 Å². The molecule has 2 aliphatic rings. The average molecular weight is 791 g/mol. The third-order valence-corrected chi connectivity index (χ3v) is 11.2. The fourth-order valence-electron chi connectivity index (χ4n) is 6.97. The SMILES string of the molecule is CC(C)C1(C)CC(=O)N(c2c(F)cc(C#Cc3ccccc3)cc2F)C(=O)N1C.CN1C(=O)N(c2ccc(C#Cc3ccccc3)cc2)C(=O)CC1(C)c1ccccc1. The van der Waals surface area contributed by atoms with Crippen LogP contribution in [-0.4, -0.2) is 53.3 Å². The van der Waals surface area contributed by atoms with Gasteiger partial charge >= 0.3 is 12.1 Å². The molecule has 2 aliphatic heterocycles. The number of benzene rings is 5. The van der Waals surface area contributed by atoms with Gasteiger partial charge in [-0.15, -0.1) is 0 Å². The summed E-state index contributed by atoms with van der Waals surface area (Å²) in [6, 6.07) is 36.6. The zero-order valence-electron chi connectivity index (χ0n) is 33.8. The maximum atomic E-state index is 14.8. The van der Waals surface area contributed by atoms with Crippen molar-refractivity contribution in [2.24, 2.45) is 5.92 Å². The van der Waals surface area contributed by atoms with Gasteiger partial charge in [-0.05, 0) is 86.0 Å². The third-order valence-electron chi connectivity index (χ3n) is 11.2. The first-order valence-electron chi connectivity index (χ1n) is 19.1. The van der Waals surface area contributed by atoms with Crippen molar-refractivity contribution >= 4 is 35.3 Å². The van der Waals surface area contributed by atoms with Gasteiger partial charge in [0, 0.05) is 36.3 Å². The Labute approximate surface area is 344 Å². The maximum Gasteiger partial charge on any atom is 0.331 e. The summed E-state index contributed by atoms with van der Waals surface area (Å²) in [5, 5.41) is 0. The summed E-state index contributed by atoms with van der Waals surface area (Å²) >= 11 is 0. The highest BCUT2D eigenvalue weighted by Gasteiger charge is 2.48. The minimum Gasteiger partial charge on any atom is -0.321 e. The second-order valence-electron chi connectivity index (χ2n) is 15.2. The summed E-state index contributed by atoms with van der Waals surface area (Å²) in [7, 11) is 3.28. The molecule has 8 nitrogen and oxygen atoms in total. The van der Waals surface area contributed by atoms with Gasteiger partial charge in [0.1, 0.15) is 5.69 Å². The van der Waals surface area contributed by atoms with E-state index in [0.29, 0.717) is 16.2 Å². The fourth-order valence-corrected chi connectivity index (χ4v) is 6.97. The Balaban J connectivity index is 0.000000199. The molecule has 2 unspecified atom stereocenters. The van der Waals surface area contributed by atoms with E-state index < -0.39 is 40.3 Å². The number of rotatable bonds is 4. The predicted molar refractivity (Wildman–Crippen MR) is 225 cm³/mol. The normalized spacial score (nSPS) is 19.1. The van der Waals surface area contributed by atoms with E-state index >= 15 is 0 Å². The van der Waals surface area contributed by atoms with Gasteiger partial charge in [-0.3, -0.25) is 9.59 Å². The van der Waals surface area contributed by atoms with Gasteiger partial charge in [0.15, 0.2) is 11.6 Å². The lowest BCUT2D eigenvalue weighted by Gasteiger charge is -2.48. The quantitative estimate of drug-likeness (QED) is 0.170. The molecule has 0 N–H and O–H groups in total. The highest BCUT2D eigenvalue weighted by atomic mass is 19.1. The second kappa shape index (κ2) is 17.2. The predicted octanol–water partition coefficient (Wildman–Crippen LogP) is 9.36. The monoisotopic (exact) mass is 790 g/mol. The van der Waals surface area contributed by atoms with Crippen molar-refractivity contribution in [3.63, 3.8) is 0 Å². The van der Waals surface area contributed by atoms with Crippen molar-refractivity contribution in [1.82, 2.24) is 9.80 Å². The Morgan fingerprint density at radius 1 is 0.542 bits per heavy atom. The Morgan fingerprint density at radius 2 is 0.966 bits per heavy atom. The molecular formula is C49H44F2N4O4. The molecule has 2 atom stereocenters. The number of nitrogens with zero attached hydrogens (tertiary/aromatic N) is 4. The number of carbonyl (C=O) groups is 4. The van der Waals surface area contributed by atoms with Crippen LogP contribution in [0.25, 0.3) is 0 Å². The summed E-state index contributed by atoms with van der Waals surface area (Å²) in [6.45, 7) is 7.51. The third kappa shape index (κ3) is 8.63. The zero-order chi connectivity index (χ0) is 42.5. The van der Waals surface area contributed by atoms with E-state index in [1.165, 1.54) is 16.8 Å². The fraction of sp³-hybridized carbons (Fsp3) is 0.224. The molecule has 2 saturated heterocycles. The van der Waals surface area contributed by atoms with Crippen molar-refractivity contribution in [3.8, 4) is 23.7 Å². The number of imide groups is 2. The van der Waals surface area contributed by atoms with Crippen LogP contribution in [0, 0.1) is 41.2 Å². The van der Waals surface area contributed by atoms with E-state index in [4.69, 9.17) is 0 Å². The number of carbonyl (C=O) groups excluding carboxylic acids is 4. The number of anilines is 2. The first kappa shape index (κ1) is 41.6. The standard InChI is InChI=1S/C26H22N2O2.C23H22F2N2O2/c1-26(22-11-7-4-8-12-22)19-24(29)28(25(30)27(26)2)23-17-15-21(16-18-23)14-13-20-9-5-3-6-10-20;1-15(2)23(3)14-20(28)27(22(29)26(23)4)21-18(24)12-17(13-19(21)25)11-10-16-8-6-5-7-9-16/h3-12,15-18H,19H2,1-2H3;5-9,12-13,15H,14H2,1-4H3. The summed E-state index contributed by atoms with van der Waals surface area (Å²) < 4.78 is 29.5. The van der Waals surface area contributed by atoms with Gasteiger partial charge in [0.25, 0.3) is 0 Å². The van der Waals surface area contributed by atoms with Crippen LogP contribution in [0.3, 0.4) is 0 Å². The molecule has 0 saturated carbocycles. The number of urea groups is 2. The Kier molecular flexibility index (Phi) is 12.1. The molecule has 0 radical (unpaired) electrons. The maximum absolute atomic E-state index is 14.8. The van der Waals surface area contributed by atoms with Gasteiger partial charge in [-0.2, -0.15) is 0 Å². The summed E-state index contributed by atoms with van der Waals surface area (Å²) in [6.07, 6.45) is 0.191. The van der Waals surface area contributed by atoms with Crippen molar-refractivity contribution in [2.75, 3.05) is 23.9 Å². The lowest BCUT2D eigenvalue weighted by molar-refractivity contribution is -0.123. The van der Waals surface area contributed by atoms with Crippen LogP contribution in [0.15, 0.2) is 127 Å². The van der Waals surface area contributed by atoms with Crippen LogP contribution in [0.5, 0.6) is 0 Å². The van der Waals surface area contributed by atoms with Gasteiger partial charge in [-0.1, -0.05) is 104 Å². The van der Waals surface area contributed by atoms with Gasteiger partial charge in [0.05, 0.1) is 29.6 Å². The van der Waals surface area contributed by atoms with Crippen LogP contribution in [0.4, 0.5) is 29.7 Å². The molecule has 0 spiro atoms. The van der Waals surface area contributed by atoms with Crippen LogP contribution in [0.2, 0.25) is 0 Å². The van der Waals surface area contributed by atoms with Crippen molar-refractivity contribution < 1.29 is 28.0 Å². The van der Waals surface area contributed by atoms with Crippen molar-refractivity contribution in [3.05, 3.63) is 167 Å². The number of halogens is 2. The minimum absolute atomic E-state index is 0.00659. The number of hydrogen-bond acceptors (Lipinski definition) is 4. The molecule has 0 aliphatic carbocycles. The number of hydrogen-bond donors (Lipinski definition) is 0. The summed E-state index contributed by atoms with van der Waals surface area (Å²) in [4.78, 5) is 56.5. The van der Waals surface area contributed by atoms with Crippen molar-refractivity contribution in [2.45, 2.75) is 51.6 Å². The lowest BCUT2D eigenvalue weighted by Crippen LogP contribution is -2.63. The van der Waals surface area contributed by atoms with Gasteiger partial charge < -0.3 is 9.80 Å². The molecule has 0 bridgehead atoms. The highest BCUT2D eigenvalue weighted by Crippen LogP contribution is 2.39. The van der Waals surface area contributed by atoms with Crippen LogP contribution >= 0.6 is 0 Å². The van der Waals surface area contributed by atoms with E-state index in [0.717, 1.165) is 28.8 Å². The topological polar surface area (TPSA) is 81.2 Å². The van der Waals surface area contributed by atoms with Gasteiger partial charge in [-0.25, -0.2) is 28.2 Å². The molecule has 5 aromatic carbocycles. The van der Waals surface area contributed by atoms with E-state index in [1.807, 2.05) is 112 Å². The molecule has 10 heteroatoms. The molecule has 6 amide bonds. The smallest absolute Gasteiger partial charge is 0.321 e. The summed E-state index contributed by atoms with van der Waals surface area (Å²) in [5.74, 6) is 8.87. The average Bonchev–Trinajstić information content (AvgIpc) is 3.23. The van der Waals surface area contributed by atoms with E-state index in [1.54, 1.807) is 43.1 Å². The van der Waals surface area contributed by atoms with Crippen LogP contribution in [-0.2, 0) is 15.1 Å². The molecule has 59 heavy (non-hydrogen) atoms. The second-order valence-corrected chi connectivity index (χ2v) is 15.2. The molecular weight excluding hydrogens is 747 g/mol. The zero-order valence-corrected chi connectivity index (χ0v) is 33.8. The van der Waals surface area contributed by atoms with Crippen LogP contribution < -0.4 is 9.80 Å². The Hall–Kier alpha value is -7.04. The minimum atomic E-state index is -1.01. The molecule has 7 rings (SSSR count). The molecule has 2 fully saturated rings. The van der Waals surface area contributed by atoms with Crippen LogP contribution in [0.1, 0.15) is 68.4 Å². The first-order chi connectivity index (χ1) is 28.1. The highest BCUT2D eigenvalue weighted by molar-refractivity contribution is 6.17. The number of amides is 6. The lowest BCUT2D eigenvalue weighted by atomic mass is 9.82. The molecule has 2 heterocycles. The Morgan fingerprint density at radius 3 is 1.46 bits per heavy atom. The van der Waals surface area contributed by atoms with E-state index in [-0.39, 0.29) is 36.3 Å². The largest absolute Gasteiger partial charge is 0.331 e. The molecule has 5 aromatic rings. The first-order valence-corrected chi connectivity index (χ1v) is 19.1. The van der Waals surface area contributed by atoms with Crippen molar-refractivity contribution in [1.29, 1.82) is 0 Å². The van der Waals surface area contributed by atoms with E-state index in [9.17, 15) is 28.0 Å². The summed E-state index contributed by atoms with van der Waals surface area (Å²) in [5.41, 5.74) is 2.01. The van der Waals surface area contributed by atoms with Gasteiger partial charge in [0.2, 0.25) is 11.8 Å². The molecule has 0 aromatic heterocycles.